The van der Waals surface area contributed by atoms with Crippen LogP contribution < -0.4 is 9.47 Å². The van der Waals surface area contributed by atoms with Crippen LogP contribution in [0.4, 0.5) is 0 Å². The van der Waals surface area contributed by atoms with Crippen molar-refractivity contribution < 1.29 is 14.2 Å². The molecule has 4 rings (SSSR count). The van der Waals surface area contributed by atoms with E-state index in [1.807, 2.05) is 12.3 Å². The molecule has 1 fully saturated rings. The summed E-state index contributed by atoms with van der Waals surface area (Å²) in [5, 5.41) is 0. The zero-order valence-corrected chi connectivity index (χ0v) is 14.3. The van der Waals surface area contributed by atoms with Crippen molar-refractivity contribution in [2.45, 2.75) is 25.4 Å². The third-order valence-corrected chi connectivity index (χ3v) is 4.69. The minimum Gasteiger partial charge on any atom is -0.486 e. The topological polar surface area (TPSA) is 56.7 Å². The summed E-state index contributed by atoms with van der Waals surface area (Å²) < 4.78 is 17.0. The third-order valence-electron chi connectivity index (χ3n) is 4.69. The van der Waals surface area contributed by atoms with Crippen molar-refractivity contribution in [1.82, 2.24) is 14.9 Å². The summed E-state index contributed by atoms with van der Waals surface area (Å²) in [5.41, 5.74) is 2.28. The number of ether oxygens (including phenoxy) is 3. The van der Waals surface area contributed by atoms with Crippen LogP contribution in [0.25, 0.3) is 0 Å². The van der Waals surface area contributed by atoms with Crippen molar-refractivity contribution in [2.75, 3.05) is 33.0 Å². The Balaban J connectivity index is 1.40. The maximum Gasteiger partial charge on any atom is 0.161 e. The second-order valence-corrected chi connectivity index (χ2v) is 6.41. The Morgan fingerprint density at radius 1 is 1.08 bits per heavy atom. The predicted octanol–water partition coefficient (Wildman–Crippen LogP) is 2.08. The van der Waals surface area contributed by atoms with Gasteiger partial charge in [-0.1, -0.05) is 6.07 Å². The standard InChI is InChI=1S/C19H23N3O3/c1-4-18-19(25-10-9-24-18)11-15(1)13-22-7-8-23-14-17(22)3-2-16-12-20-5-6-21-16/h1,4-6,11-12,17H,2-3,7-10,13-14H2. The van der Waals surface area contributed by atoms with Gasteiger partial charge >= 0.3 is 0 Å². The zero-order chi connectivity index (χ0) is 16.9. The fourth-order valence-corrected chi connectivity index (χ4v) is 3.36. The first-order valence-electron chi connectivity index (χ1n) is 8.84. The first-order valence-corrected chi connectivity index (χ1v) is 8.84. The molecule has 2 aromatic rings. The van der Waals surface area contributed by atoms with E-state index in [1.54, 1.807) is 12.4 Å². The summed E-state index contributed by atoms with van der Waals surface area (Å²) in [7, 11) is 0. The highest BCUT2D eigenvalue weighted by Gasteiger charge is 2.23. The number of hydrogen-bond acceptors (Lipinski definition) is 6. The number of fused-ring (bicyclic) bond motifs is 1. The molecule has 2 aliphatic rings. The maximum absolute atomic E-state index is 5.71. The van der Waals surface area contributed by atoms with Crippen molar-refractivity contribution in [1.29, 1.82) is 0 Å². The SMILES string of the molecule is c1cnc(CCC2COCCN2Cc2ccc3c(c2)OCCO3)cn1. The number of benzene rings is 1. The second kappa shape index (κ2) is 7.80. The summed E-state index contributed by atoms with van der Waals surface area (Å²) in [6.07, 6.45) is 7.23. The summed E-state index contributed by atoms with van der Waals surface area (Å²) in [6, 6.07) is 6.63. The van der Waals surface area contributed by atoms with Gasteiger partial charge in [-0.05, 0) is 30.5 Å². The van der Waals surface area contributed by atoms with Crippen LogP contribution in [0, 0.1) is 0 Å². The van der Waals surface area contributed by atoms with Crippen LogP contribution in [0.1, 0.15) is 17.7 Å². The first kappa shape index (κ1) is 16.3. The molecule has 3 heterocycles. The smallest absolute Gasteiger partial charge is 0.161 e. The fourth-order valence-electron chi connectivity index (χ4n) is 3.36. The maximum atomic E-state index is 5.71. The lowest BCUT2D eigenvalue weighted by Crippen LogP contribution is -2.45. The van der Waals surface area contributed by atoms with E-state index >= 15 is 0 Å². The molecule has 0 amide bonds. The van der Waals surface area contributed by atoms with E-state index in [1.165, 1.54) is 5.56 Å². The second-order valence-electron chi connectivity index (χ2n) is 6.41. The first-order chi connectivity index (χ1) is 12.4. The molecule has 0 aliphatic carbocycles. The van der Waals surface area contributed by atoms with Gasteiger partial charge in [0.1, 0.15) is 13.2 Å². The van der Waals surface area contributed by atoms with E-state index in [-0.39, 0.29) is 0 Å². The number of rotatable bonds is 5. The Kier molecular flexibility index (Phi) is 5.09. The van der Waals surface area contributed by atoms with Gasteiger partial charge in [0.05, 0.1) is 18.9 Å². The lowest BCUT2D eigenvalue weighted by atomic mass is 10.1. The number of morpholine rings is 1. The van der Waals surface area contributed by atoms with Crippen LogP contribution in [0.3, 0.4) is 0 Å². The lowest BCUT2D eigenvalue weighted by molar-refractivity contribution is -0.0144. The molecule has 6 nitrogen and oxygen atoms in total. The number of aromatic nitrogens is 2. The largest absolute Gasteiger partial charge is 0.486 e. The molecule has 1 unspecified atom stereocenters. The molecule has 0 radical (unpaired) electrons. The quantitative estimate of drug-likeness (QED) is 0.830. The molecule has 25 heavy (non-hydrogen) atoms. The molecule has 1 aromatic carbocycles. The monoisotopic (exact) mass is 341 g/mol. The molecule has 0 saturated carbocycles. The molecule has 0 N–H and O–H groups in total. The number of nitrogens with zero attached hydrogens (tertiary/aromatic N) is 3. The van der Waals surface area contributed by atoms with Crippen molar-refractivity contribution in [3.63, 3.8) is 0 Å². The molecule has 0 bridgehead atoms. The van der Waals surface area contributed by atoms with Crippen molar-refractivity contribution in [3.8, 4) is 11.5 Å². The van der Waals surface area contributed by atoms with Gasteiger partial charge in [-0.15, -0.1) is 0 Å². The molecule has 6 heteroatoms. The van der Waals surface area contributed by atoms with Crippen LogP contribution in [0.2, 0.25) is 0 Å². The molecule has 132 valence electrons. The van der Waals surface area contributed by atoms with Crippen LogP contribution in [0.15, 0.2) is 36.8 Å². The van der Waals surface area contributed by atoms with Crippen LogP contribution in [-0.2, 0) is 17.7 Å². The molecular formula is C19H23N3O3. The average molecular weight is 341 g/mol. The van der Waals surface area contributed by atoms with Crippen molar-refractivity contribution >= 4 is 0 Å². The van der Waals surface area contributed by atoms with Crippen molar-refractivity contribution in [3.05, 3.63) is 48.0 Å². The minimum absolute atomic E-state index is 0.393. The van der Waals surface area contributed by atoms with Gasteiger partial charge in [0.2, 0.25) is 0 Å². The van der Waals surface area contributed by atoms with Gasteiger partial charge in [0, 0.05) is 37.7 Å². The summed E-state index contributed by atoms with van der Waals surface area (Å²) in [4.78, 5) is 11.0. The molecule has 0 spiro atoms. The summed E-state index contributed by atoms with van der Waals surface area (Å²) in [6.45, 7) is 4.64. The normalized spacial score (nSPS) is 20.4. The molecule has 2 aliphatic heterocycles. The van der Waals surface area contributed by atoms with Crippen molar-refractivity contribution in [2.24, 2.45) is 0 Å². The van der Waals surface area contributed by atoms with Gasteiger partial charge in [-0.2, -0.15) is 0 Å². The van der Waals surface area contributed by atoms with E-state index in [2.05, 4.69) is 27.0 Å². The lowest BCUT2D eigenvalue weighted by Gasteiger charge is -2.35. The Hall–Kier alpha value is -2.18. The van der Waals surface area contributed by atoms with Gasteiger partial charge in [0.25, 0.3) is 0 Å². The molecule has 1 aromatic heterocycles. The Bertz CT molecular complexity index is 696. The summed E-state index contributed by atoms with van der Waals surface area (Å²) in [5.74, 6) is 1.70. The fraction of sp³-hybridized carbons (Fsp3) is 0.474. The van der Waals surface area contributed by atoms with Crippen LogP contribution in [-0.4, -0.2) is 53.9 Å². The Labute approximate surface area is 147 Å². The van der Waals surface area contributed by atoms with Crippen LogP contribution in [0.5, 0.6) is 11.5 Å². The van der Waals surface area contributed by atoms with Crippen LogP contribution >= 0.6 is 0 Å². The highest BCUT2D eigenvalue weighted by atomic mass is 16.6. The van der Waals surface area contributed by atoms with E-state index < -0.39 is 0 Å². The van der Waals surface area contributed by atoms with E-state index in [0.717, 1.165) is 56.3 Å². The third kappa shape index (κ3) is 4.08. The van der Waals surface area contributed by atoms with Gasteiger partial charge in [-0.25, -0.2) is 0 Å². The van der Waals surface area contributed by atoms with Gasteiger partial charge < -0.3 is 14.2 Å². The predicted molar refractivity (Wildman–Crippen MR) is 92.8 cm³/mol. The Morgan fingerprint density at radius 3 is 2.88 bits per heavy atom. The van der Waals surface area contributed by atoms with Gasteiger partial charge in [-0.3, -0.25) is 14.9 Å². The number of aryl methyl sites for hydroxylation is 1. The molecule has 1 atom stereocenters. The molecule has 1 saturated heterocycles. The highest BCUT2D eigenvalue weighted by Crippen LogP contribution is 2.31. The van der Waals surface area contributed by atoms with E-state index in [0.29, 0.717) is 19.3 Å². The zero-order valence-electron chi connectivity index (χ0n) is 14.3. The Morgan fingerprint density at radius 2 is 2.00 bits per heavy atom. The average Bonchev–Trinajstić information content (AvgIpc) is 2.68. The van der Waals surface area contributed by atoms with E-state index in [4.69, 9.17) is 14.2 Å². The summed E-state index contributed by atoms with van der Waals surface area (Å²) >= 11 is 0. The molecular weight excluding hydrogens is 318 g/mol. The number of hydrogen-bond donors (Lipinski definition) is 0. The van der Waals surface area contributed by atoms with Gasteiger partial charge in [0.15, 0.2) is 11.5 Å². The minimum atomic E-state index is 0.393. The van der Waals surface area contributed by atoms with E-state index in [9.17, 15) is 0 Å². The highest BCUT2D eigenvalue weighted by molar-refractivity contribution is 5.43.